The highest BCUT2D eigenvalue weighted by Gasteiger charge is 2.25. The van der Waals surface area contributed by atoms with Crippen LogP contribution in [-0.2, 0) is 4.79 Å². The van der Waals surface area contributed by atoms with E-state index < -0.39 is 12.1 Å². The first kappa shape index (κ1) is 16.0. The smallest absolute Gasteiger partial charge is 0.312 e. The molecule has 0 aliphatic rings. The molecule has 1 aromatic rings. The number of anilines is 1. The zero-order chi connectivity index (χ0) is 15.3. The average Bonchev–Trinajstić information content (AvgIpc) is 2.39. The van der Waals surface area contributed by atoms with Crippen molar-refractivity contribution in [1.29, 1.82) is 0 Å². The lowest BCUT2D eigenvalue weighted by Gasteiger charge is -2.22. The molecule has 2 atom stereocenters. The van der Waals surface area contributed by atoms with Gasteiger partial charge >= 0.3 is 6.03 Å². The Morgan fingerprint density at radius 1 is 1.25 bits per heavy atom. The molecule has 0 spiro atoms. The number of carbonyl (C=O) groups is 2. The first-order chi connectivity index (χ1) is 9.35. The predicted octanol–water partition coefficient (Wildman–Crippen LogP) is 2.32. The Labute approximate surface area is 119 Å². The van der Waals surface area contributed by atoms with Gasteiger partial charge in [-0.15, -0.1) is 0 Å². The second-order valence-electron chi connectivity index (χ2n) is 5.16. The van der Waals surface area contributed by atoms with Crippen LogP contribution in [0.1, 0.15) is 31.4 Å². The van der Waals surface area contributed by atoms with Gasteiger partial charge in [0.25, 0.3) is 0 Å². The highest BCUT2D eigenvalue weighted by molar-refractivity contribution is 5.97. The van der Waals surface area contributed by atoms with Crippen molar-refractivity contribution in [2.45, 2.75) is 40.2 Å². The van der Waals surface area contributed by atoms with Crippen LogP contribution in [-0.4, -0.2) is 18.0 Å². The van der Waals surface area contributed by atoms with Crippen molar-refractivity contribution < 1.29 is 9.59 Å². The van der Waals surface area contributed by atoms with E-state index in [-0.39, 0.29) is 11.8 Å². The van der Waals surface area contributed by atoms with Crippen LogP contribution < -0.4 is 16.4 Å². The van der Waals surface area contributed by atoms with Crippen LogP contribution in [0, 0.1) is 19.8 Å². The molecule has 5 nitrogen and oxygen atoms in total. The summed E-state index contributed by atoms with van der Waals surface area (Å²) in [6, 6.07) is 4.39. The molecular weight excluding hydrogens is 254 g/mol. The molecule has 0 aliphatic heterocycles. The first-order valence-corrected chi connectivity index (χ1v) is 6.79. The number of nitrogens with one attached hydrogen (secondary N) is 2. The fourth-order valence-electron chi connectivity index (χ4n) is 1.89. The third kappa shape index (κ3) is 4.26. The van der Waals surface area contributed by atoms with Crippen LogP contribution in [0.3, 0.4) is 0 Å². The van der Waals surface area contributed by atoms with Crippen LogP contribution in [0.15, 0.2) is 18.2 Å². The number of hydrogen-bond acceptors (Lipinski definition) is 2. The lowest BCUT2D eigenvalue weighted by Crippen LogP contribution is -2.49. The molecule has 110 valence electrons. The third-order valence-corrected chi connectivity index (χ3v) is 3.57. The van der Waals surface area contributed by atoms with E-state index in [2.05, 4.69) is 10.6 Å². The zero-order valence-corrected chi connectivity index (χ0v) is 12.5. The maximum Gasteiger partial charge on any atom is 0.312 e. The summed E-state index contributed by atoms with van der Waals surface area (Å²) in [5, 5.41) is 5.32. The van der Waals surface area contributed by atoms with Crippen molar-refractivity contribution >= 4 is 17.6 Å². The van der Waals surface area contributed by atoms with Crippen LogP contribution in [0.5, 0.6) is 0 Å². The Balaban J connectivity index is 2.84. The molecule has 5 heteroatoms. The largest absolute Gasteiger partial charge is 0.352 e. The number of hydrogen-bond donors (Lipinski definition) is 3. The molecule has 0 bridgehead atoms. The molecule has 1 aromatic carbocycles. The summed E-state index contributed by atoms with van der Waals surface area (Å²) < 4.78 is 0. The number of benzene rings is 1. The van der Waals surface area contributed by atoms with Crippen molar-refractivity contribution in [3.63, 3.8) is 0 Å². The molecule has 4 N–H and O–H groups in total. The van der Waals surface area contributed by atoms with Gasteiger partial charge in [0.15, 0.2) is 0 Å². The number of carbonyl (C=O) groups excluding carboxylic acids is 2. The molecule has 1 rings (SSSR count). The van der Waals surface area contributed by atoms with Crippen molar-refractivity contribution in [2.24, 2.45) is 11.7 Å². The standard InChI is InChI=1S/C15H23N3O2/c1-5-9(2)13(18-15(16)20)14(19)17-12-7-6-10(3)11(4)8-12/h6-9,13H,5H2,1-4H3,(H,17,19)(H3,16,18,20)/t9-,13-/m1/s1. The van der Waals surface area contributed by atoms with E-state index in [1.54, 1.807) is 0 Å². The van der Waals surface area contributed by atoms with Crippen LogP contribution in [0.25, 0.3) is 0 Å². The normalized spacial score (nSPS) is 13.4. The Morgan fingerprint density at radius 2 is 1.90 bits per heavy atom. The monoisotopic (exact) mass is 277 g/mol. The van der Waals surface area contributed by atoms with Gasteiger partial charge in [0.2, 0.25) is 5.91 Å². The number of aryl methyl sites for hydroxylation is 2. The maximum absolute atomic E-state index is 12.3. The van der Waals surface area contributed by atoms with Gasteiger partial charge in [-0.2, -0.15) is 0 Å². The van der Waals surface area contributed by atoms with Gasteiger partial charge in [-0.1, -0.05) is 26.3 Å². The SMILES string of the molecule is CC[C@@H](C)[C@@H](NC(N)=O)C(=O)Nc1ccc(C)c(C)c1. The van der Waals surface area contributed by atoms with E-state index in [4.69, 9.17) is 5.73 Å². The van der Waals surface area contributed by atoms with E-state index in [1.165, 1.54) is 0 Å². The maximum atomic E-state index is 12.3. The number of rotatable bonds is 5. The molecule has 0 aliphatic carbocycles. The number of urea groups is 1. The first-order valence-electron chi connectivity index (χ1n) is 6.79. The van der Waals surface area contributed by atoms with Gasteiger partial charge in [0.05, 0.1) is 0 Å². The summed E-state index contributed by atoms with van der Waals surface area (Å²) in [7, 11) is 0. The summed E-state index contributed by atoms with van der Waals surface area (Å²) in [6.07, 6.45) is 0.769. The van der Waals surface area contributed by atoms with Crippen LogP contribution in [0.4, 0.5) is 10.5 Å². The molecule has 0 fully saturated rings. The second-order valence-corrected chi connectivity index (χ2v) is 5.16. The Kier molecular flexibility index (Phi) is 5.55. The quantitative estimate of drug-likeness (QED) is 0.771. The van der Waals surface area contributed by atoms with E-state index in [0.29, 0.717) is 0 Å². The second kappa shape index (κ2) is 6.93. The molecule has 0 saturated heterocycles. The van der Waals surface area contributed by atoms with Gasteiger partial charge < -0.3 is 16.4 Å². The molecule has 3 amide bonds. The molecule has 0 unspecified atom stereocenters. The van der Waals surface area contributed by atoms with Crippen molar-refractivity contribution in [3.05, 3.63) is 29.3 Å². The minimum atomic E-state index is -0.689. The Morgan fingerprint density at radius 3 is 2.40 bits per heavy atom. The average molecular weight is 277 g/mol. The van der Waals surface area contributed by atoms with Crippen molar-refractivity contribution in [2.75, 3.05) is 5.32 Å². The molecule has 0 radical (unpaired) electrons. The zero-order valence-electron chi connectivity index (χ0n) is 12.5. The van der Waals surface area contributed by atoms with Gasteiger partial charge in [0, 0.05) is 5.69 Å². The molecule has 0 heterocycles. The summed E-state index contributed by atoms with van der Waals surface area (Å²) in [5.41, 5.74) is 8.12. The Bertz CT molecular complexity index is 500. The molecular formula is C15H23N3O2. The van der Waals surface area contributed by atoms with Gasteiger partial charge in [0.1, 0.15) is 6.04 Å². The predicted molar refractivity (Wildman–Crippen MR) is 80.5 cm³/mol. The summed E-state index contributed by atoms with van der Waals surface area (Å²) in [6.45, 7) is 7.86. The summed E-state index contributed by atoms with van der Waals surface area (Å²) in [4.78, 5) is 23.3. The van der Waals surface area contributed by atoms with Crippen molar-refractivity contribution in [3.8, 4) is 0 Å². The fourth-order valence-corrected chi connectivity index (χ4v) is 1.89. The van der Waals surface area contributed by atoms with Gasteiger partial charge in [-0.25, -0.2) is 4.79 Å². The van der Waals surface area contributed by atoms with E-state index in [0.717, 1.165) is 23.2 Å². The van der Waals surface area contributed by atoms with E-state index in [9.17, 15) is 9.59 Å². The third-order valence-electron chi connectivity index (χ3n) is 3.57. The summed E-state index contributed by atoms with van der Waals surface area (Å²) >= 11 is 0. The van der Waals surface area contributed by atoms with E-state index >= 15 is 0 Å². The van der Waals surface area contributed by atoms with E-state index in [1.807, 2.05) is 45.9 Å². The Hall–Kier alpha value is -2.04. The highest BCUT2D eigenvalue weighted by atomic mass is 16.2. The molecule has 0 saturated carbocycles. The summed E-state index contributed by atoms with van der Waals surface area (Å²) in [5.74, 6) is -0.240. The lowest BCUT2D eigenvalue weighted by molar-refractivity contribution is -0.119. The lowest BCUT2D eigenvalue weighted by atomic mass is 9.98. The topological polar surface area (TPSA) is 84.2 Å². The number of amides is 3. The van der Waals surface area contributed by atoms with Crippen LogP contribution >= 0.6 is 0 Å². The van der Waals surface area contributed by atoms with Gasteiger partial charge in [-0.3, -0.25) is 4.79 Å². The van der Waals surface area contributed by atoms with Crippen molar-refractivity contribution in [1.82, 2.24) is 5.32 Å². The fraction of sp³-hybridized carbons (Fsp3) is 0.467. The van der Waals surface area contributed by atoms with Gasteiger partial charge in [-0.05, 0) is 43.0 Å². The minimum Gasteiger partial charge on any atom is -0.352 e. The highest BCUT2D eigenvalue weighted by Crippen LogP contribution is 2.16. The molecule has 20 heavy (non-hydrogen) atoms. The number of primary amides is 1. The van der Waals surface area contributed by atoms with Crippen LogP contribution in [0.2, 0.25) is 0 Å². The molecule has 0 aromatic heterocycles. The number of nitrogens with two attached hydrogens (primary N) is 1. The minimum absolute atomic E-state index is 0.00838.